The number of nitrogens with one attached hydrogen (secondary N) is 1. The van der Waals surface area contributed by atoms with Gasteiger partial charge in [-0.3, -0.25) is 4.72 Å². The lowest BCUT2D eigenvalue weighted by molar-refractivity contribution is 0.282. The van der Waals surface area contributed by atoms with Crippen LogP contribution in [0.2, 0.25) is 0 Å². The molecule has 0 aromatic heterocycles. The van der Waals surface area contributed by atoms with E-state index in [-0.39, 0.29) is 5.69 Å². The van der Waals surface area contributed by atoms with Crippen LogP contribution in [0.3, 0.4) is 0 Å². The largest absolute Gasteiger partial charge is 0.301 e. The van der Waals surface area contributed by atoms with E-state index in [0.29, 0.717) is 23.5 Å². The third-order valence-electron chi connectivity index (χ3n) is 3.13. The highest BCUT2D eigenvalue weighted by molar-refractivity contribution is 9.10. The third-order valence-corrected chi connectivity index (χ3v) is 5.31. The molecule has 19 heavy (non-hydrogen) atoms. The minimum Gasteiger partial charge on any atom is -0.270 e. The third kappa shape index (κ3) is 3.67. The van der Waals surface area contributed by atoms with E-state index in [2.05, 4.69) is 20.7 Å². The van der Waals surface area contributed by atoms with Gasteiger partial charge in [0.2, 0.25) is 0 Å². The van der Waals surface area contributed by atoms with E-state index in [1.165, 1.54) is 16.4 Å². The van der Waals surface area contributed by atoms with Gasteiger partial charge in [-0.25, -0.2) is 4.39 Å². The zero-order chi connectivity index (χ0) is 14.0. The average Bonchev–Trinajstić information content (AvgIpc) is 2.33. The van der Waals surface area contributed by atoms with E-state index >= 15 is 0 Å². The minimum atomic E-state index is -3.62. The van der Waals surface area contributed by atoms with E-state index < -0.39 is 16.0 Å². The first-order valence-corrected chi connectivity index (χ1v) is 8.35. The molecule has 0 bridgehead atoms. The maximum atomic E-state index is 13.2. The zero-order valence-electron chi connectivity index (χ0n) is 10.6. The number of rotatable bonds is 3. The van der Waals surface area contributed by atoms with Crippen molar-refractivity contribution in [3.63, 3.8) is 0 Å². The van der Waals surface area contributed by atoms with Crippen molar-refractivity contribution in [2.75, 3.05) is 17.8 Å². The number of benzene rings is 1. The van der Waals surface area contributed by atoms with Crippen LogP contribution in [0, 0.1) is 11.7 Å². The molecule has 2 rings (SSSR count). The summed E-state index contributed by atoms with van der Waals surface area (Å²) >= 11 is 3.21. The monoisotopic (exact) mass is 350 g/mol. The fourth-order valence-electron chi connectivity index (χ4n) is 2.14. The van der Waals surface area contributed by atoms with Crippen molar-refractivity contribution in [1.82, 2.24) is 4.31 Å². The predicted octanol–water partition coefficient (Wildman–Crippen LogP) is 2.98. The highest BCUT2D eigenvalue weighted by Crippen LogP contribution is 2.26. The average molecular weight is 351 g/mol. The van der Waals surface area contributed by atoms with Gasteiger partial charge < -0.3 is 0 Å². The topological polar surface area (TPSA) is 49.4 Å². The smallest absolute Gasteiger partial charge is 0.270 e. The molecule has 0 amide bonds. The summed E-state index contributed by atoms with van der Waals surface area (Å²) in [6.07, 6.45) is 1.89. The van der Waals surface area contributed by atoms with Crippen LogP contribution in [0.25, 0.3) is 0 Å². The first kappa shape index (κ1) is 14.7. The summed E-state index contributed by atoms with van der Waals surface area (Å²) in [5.74, 6) is -0.130. The van der Waals surface area contributed by atoms with Gasteiger partial charge in [0, 0.05) is 17.6 Å². The zero-order valence-corrected chi connectivity index (χ0v) is 13.0. The second-order valence-electron chi connectivity index (χ2n) is 4.84. The molecule has 1 aromatic carbocycles. The van der Waals surface area contributed by atoms with E-state index in [1.54, 1.807) is 0 Å². The number of halogens is 2. The van der Waals surface area contributed by atoms with Crippen LogP contribution < -0.4 is 4.72 Å². The summed E-state index contributed by atoms with van der Waals surface area (Å²) in [6.45, 7) is 3.04. The number of anilines is 1. The molecule has 0 aliphatic carbocycles. The van der Waals surface area contributed by atoms with Crippen molar-refractivity contribution in [3.8, 4) is 0 Å². The van der Waals surface area contributed by atoms with Gasteiger partial charge in [0.1, 0.15) is 5.82 Å². The van der Waals surface area contributed by atoms with Crippen molar-refractivity contribution < 1.29 is 12.8 Å². The van der Waals surface area contributed by atoms with Gasteiger partial charge >= 0.3 is 10.2 Å². The number of hydrogen-bond acceptors (Lipinski definition) is 2. The molecule has 4 nitrogen and oxygen atoms in total. The molecule has 1 aliphatic rings. The SMILES string of the molecule is CC1CCCN(S(=O)(=O)Nc2cc(F)ccc2Br)C1. The van der Waals surface area contributed by atoms with Gasteiger partial charge in [-0.2, -0.15) is 12.7 Å². The Morgan fingerprint density at radius 2 is 2.21 bits per heavy atom. The van der Waals surface area contributed by atoms with E-state index in [4.69, 9.17) is 0 Å². The molecule has 1 unspecified atom stereocenters. The van der Waals surface area contributed by atoms with Crippen LogP contribution >= 0.6 is 15.9 Å². The molecule has 1 aromatic rings. The molecule has 106 valence electrons. The number of hydrogen-bond donors (Lipinski definition) is 1. The summed E-state index contributed by atoms with van der Waals surface area (Å²) in [4.78, 5) is 0. The molecule has 7 heteroatoms. The quantitative estimate of drug-likeness (QED) is 0.910. The molecule has 0 radical (unpaired) electrons. The number of nitrogens with zero attached hydrogens (tertiary/aromatic N) is 1. The van der Waals surface area contributed by atoms with Crippen molar-refractivity contribution in [3.05, 3.63) is 28.5 Å². The van der Waals surface area contributed by atoms with Gasteiger partial charge in [0.05, 0.1) is 5.69 Å². The normalized spacial score (nSPS) is 21.3. The second-order valence-corrected chi connectivity index (χ2v) is 7.36. The lowest BCUT2D eigenvalue weighted by Gasteiger charge is -2.30. The fraction of sp³-hybridized carbons (Fsp3) is 0.500. The van der Waals surface area contributed by atoms with Crippen molar-refractivity contribution in [1.29, 1.82) is 0 Å². The maximum Gasteiger partial charge on any atom is 0.301 e. The second kappa shape index (κ2) is 5.76. The van der Waals surface area contributed by atoms with Crippen LogP contribution in [0.1, 0.15) is 19.8 Å². The Morgan fingerprint density at radius 1 is 1.47 bits per heavy atom. The molecule has 1 heterocycles. The Morgan fingerprint density at radius 3 is 2.89 bits per heavy atom. The van der Waals surface area contributed by atoms with Gasteiger partial charge in [0.25, 0.3) is 0 Å². The number of piperidine rings is 1. The van der Waals surface area contributed by atoms with Crippen LogP contribution in [0.5, 0.6) is 0 Å². The molecule has 1 saturated heterocycles. The van der Waals surface area contributed by atoms with Gasteiger partial charge in [-0.05, 0) is 52.9 Å². The van der Waals surface area contributed by atoms with Crippen molar-refractivity contribution in [2.24, 2.45) is 5.92 Å². The molecule has 0 saturated carbocycles. The highest BCUT2D eigenvalue weighted by atomic mass is 79.9. The van der Waals surface area contributed by atoms with Crippen LogP contribution in [0.15, 0.2) is 22.7 Å². The van der Waals surface area contributed by atoms with Crippen LogP contribution in [0.4, 0.5) is 10.1 Å². The van der Waals surface area contributed by atoms with Crippen molar-refractivity contribution in [2.45, 2.75) is 19.8 Å². The minimum absolute atomic E-state index is 0.221. The molecule has 1 atom stereocenters. The summed E-state index contributed by atoms with van der Waals surface area (Å²) in [5, 5.41) is 0. The Balaban J connectivity index is 2.18. The predicted molar refractivity (Wildman–Crippen MR) is 76.6 cm³/mol. The standard InChI is InChI=1S/C12H16BrFN2O2S/c1-9-3-2-6-16(8-9)19(17,18)15-12-7-10(14)4-5-11(12)13/h4-5,7,9,15H,2-3,6,8H2,1H3. The van der Waals surface area contributed by atoms with E-state index in [9.17, 15) is 12.8 Å². The summed E-state index contributed by atoms with van der Waals surface area (Å²) in [7, 11) is -3.62. The maximum absolute atomic E-state index is 13.2. The van der Waals surface area contributed by atoms with Crippen molar-refractivity contribution >= 4 is 31.8 Å². The van der Waals surface area contributed by atoms with Gasteiger partial charge in [-0.15, -0.1) is 0 Å². The fourth-order valence-corrected chi connectivity index (χ4v) is 4.02. The van der Waals surface area contributed by atoms with E-state index in [1.807, 2.05) is 6.92 Å². The Bertz CT molecular complexity index is 565. The molecular weight excluding hydrogens is 335 g/mol. The first-order chi connectivity index (χ1) is 8.88. The lowest BCUT2D eigenvalue weighted by Crippen LogP contribution is -2.42. The van der Waals surface area contributed by atoms with E-state index in [0.717, 1.165) is 18.9 Å². The Labute approximate surface area is 121 Å². The molecule has 0 spiro atoms. The van der Waals surface area contributed by atoms with Gasteiger partial charge in [-0.1, -0.05) is 6.92 Å². The Kier molecular flexibility index (Phi) is 4.47. The highest BCUT2D eigenvalue weighted by Gasteiger charge is 2.27. The summed E-state index contributed by atoms with van der Waals surface area (Å²) in [6, 6.07) is 3.91. The lowest BCUT2D eigenvalue weighted by atomic mass is 10.0. The molecule has 1 N–H and O–H groups in total. The Hall–Kier alpha value is -0.660. The van der Waals surface area contributed by atoms with Crippen LogP contribution in [-0.4, -0.2) is 25.8 Å². The molecule has 1 aliphatic heterocycles. The van der Waals surface area contributed by atoms with Crippen LogP contribution in [-0.2, 0) is 10.2 Å². The summed E-state index contributed by atoms with van der Waals surface area (Å²) in [5.41, 5.74) is 0.221. The molecular formula is C12H16BrFN2O2S. The first-order valence-electron chi connectivity index (χ1n) is 6.11. The molecule has 1 fully saturated rings. The summed E-state index contributed by atoms with van der Waals surface area (Å²) < 4.78 is 42.0. The van der Waals surface area contributed by atoms with Gasteiger partial charge in [0.15, 0.2) is 0 Å².